The second-order valence-electron chi connectivity index (χ2n) is 5.20. The van der Waals surface area contributed by atoms with Crippen molar-refractivity contribution in [3.8, 4) is 0 Å². The van der Waals surface area contributed by atoms with Gasteiger partial charge in [0.1, 0.15) is 7.85 Å². The number of hydrogen-bond acceptors (Lipinski definition) is 2. The Labute approximate surface area is 118 Å². The number of anilines is 2. The van der Waals surface area contributed by atoms with Crippen LogP contribution in [0.4, 0.5) is 11.4 Å². The molecule has 0 saturated heterocycles. The first-order chi connectivity index (χ1) is 8.73. The molecule has 0 aliphatic heterocycles. The van der Waals surface area contributed by atoms with Gasteiger partial charge in [-0.15, -0.1) is 0 Å². The Bertz CT molecular complexity index is 536. The zero-order chi connectivity index (χ0) is 14.9. The lowest BCUT2D eigenvalue weighted by Crippen LogP contribution is -2.20. The molecule has 1 aromatic carbocycles. The van der Waals surface area contributed by atoms with E-state index in [0.717, 1.165) is 34.3 Å². The number of benzene rings is 1. The van der Waals surface area contributed by atoms with Crippen LogP contribution in [0.3, 0.4) is 0 Å². The van der Waals surface area contributed by atoms with Crippen LogP contribution in [0, 0.1) is 13.8 Å². The van der Waals surface area contributed by atoms with Crippen molar-refractivity contribution >= 4 is 30.3 Å². The molecule has 1 rings (SSSR count). The molecule has 4 N–H and O–H groups in total. The second kappa shape index (κ2) is 5.56. The Morgan fingerprint density at radius 2 is 1.63 bits per heavy atom. The number of hydrogen-bond donors (Lipinski definition) is 2. The molecule has 100 valence electrons. The van der Waals surface area contributed by atoms with E-state index in [-0.39, 0.29) is 0 Å². The topological polar surface area (TPSA) is 52.0 Å². The van der Waals surface area contributed by atoms with Crippen molar-refractivity contribution < 1.29 is 0 Å². The predicted molar refractivity (Wildman–Crippen MR) is 87.8 cm³/mol. The smallest absolute Gasteiger partial charge is 0.117 e. The Kier molecular flexibility index (Phi) is 4.51. The van der Waals surface area contributed by atoms with Crippen molar-refractivity contribution in [3.05, 3.63) is 34.4 Å². The largest absolute Gasteiger partial charge is 0.398 e. The SMILES string of the molecule is [B]c1c(C)c(C)c(C(C(=C)CC)=C(C)C)c(N)c1N. The van der Waals surface area contributed by atoms with Crippen LogP contribution >= 0.6 is 0 Å². The highest BCUT2D eigenvalue weighted by Gasteiger charge is 2.18. The molecule has 0 aliphatic rings. The number of nitrogen functional groups attached to an aromatic ring is 2. The van der Waals surface area contributed by atoms with E-state index < -0.39 is 0 Å². The van der Waals surface area contributed by atoms with Gasteiger partial charge in [0.2, 0.25) is 0 Å². The average molecular weight is 254 g/mol. The minimum Gasteiger partial charge on any atom is -0.398 e. The van der Waals surface area contributed by atoms with E-state index in [4.69, 9.17) is 19.3 Å². The first kappa shape index (κ1) is 15.4. The summed E-state index contributed by atoms with van der Waals surface area (Å²) in [5.74, 6) is 0. The molecule has 1 aromatic rings. The van der Waals surface area contributed by atoms with Crippen LogP contribution in [0.2, 0.25) is 0 Å². The van der Waals surface area contributed by atoms with Gasteiger partial charge < -0.3 is 11.5 Å². The minimum atomic E-state index is 0.473. The van der Waals surface area contributed by atoms with Gasteiger partial charge >= 0.3 is 0 Å². The summed E-state index contributed by atoms with van der Waals surface area (Å²) in [7, 11) is 5.99. The van der Waals surface area contributed by atoms with Crippen LogP contribution in [-0.4, -0.2) is 7.85 Å². The van der Waals surface area contributed by atoms with E-state index in [9.17, 15) is 0 Å². The summed E-state index contributed by atoms with van der Waals surface area (Å²) in [5.41, 5.74) is 20.3. The molecule has 0 saturated carbocycles. The van der Waals surface area contributed by atoms with E-state index in [1.165, 1.54) is 5.57 Å². The third-order valence-electron chi connectivity index (χ3n) is 3.72. The fraction of sp³-hybridized carbons (Fsp3) is 0.375. The van der Waals surface area contributed by atoms with Gasteiger partial charge in [0, 0.05) is 11.3 Å². The standard InChI is InChI=1S/C16H23BN2/c1-7-9(4)12(8(2)3)13-10(5)11(6)14(17)16(19)15(13)18/h4,7,18-19H2,1-3,5-6H3. The molecule has 0 spiro atoms. The van der Waals surface area contributed by atoms with Crippen molar-refractivity contribution in [2.24, 2.45) is 0 Å². The van der Waals surface area contributed by atoms with Gasteiger partial charge in [0.15, 0.2) is 0 Å². The Morgan fingerprint density at radius 3 is 2.05 bits per heavy atom. The van der Waals surface area contributed by atoms with Gasteiger partial charge in [-0.1, -0.05) is 30.1 Å². The minimum absolute atomic E-state index is 0.473. The first-order valence-corrected chi connectivity index (χ1v) is 6.53. The fourth-order valence-corrected chi connectivity index (χ4v) is 2.35. The Balaban J connectivity index is 3.77. The first-order valence-electron chi connectivity index (χ1n) is 6.53. The molecule has 0 bridgehead atoms. The Hall–Kier alpha value is -1.64. The van der Waals surface area contributed by atoms with Crippen LogP contribution in [0.25, 0.3) is 5.57 Å². The van der Waals surface area contributed by atoms with Crippen LogP contribution in [0.15, 0.2) is 17.7 Å². The van der Waals surface area contributed by atoms with E-state index in [1.54, 1.807) is 0 Å². The van der Waals surface area contributed by atoms with Crippen molar-refractivity contribution in [1.29, 1.82) is 0 Å². The van der Waals surface area contributed by atoms with Crippen molar-refractivity contribution in [2.75, 3.05) is 11.5 Å². The molecule has 0 heterocycles. The van der Waals surface area contributed by atoms with Crippen LogP contribution < -0.4 is 16.9 Å². The van der Waals surface area contributed by atoms with Gasteiger partial charge in [0.25, 0.3) is 0 Å². The molecule has 0 unspecified atom stereocenters. The molecule has 2 radical (unpaired) electrons. The van der Waals surface area contributed by atoms with E-state index in [1.807, 2.05) is 13.8 Å². The molecule has 2 nitrogen and oxygen atoms in total. The highest BCUT2D eigenvalue weighted by Crippen LogP contribution is 2.37. The van der Waals surface area contributed by atoms with Gasteiger partial charge in [-0.25, -0.2) is 0 Å². The average Bonchev–Trinajstić information content (AvgIpc) is 2.37. The maximum Gasteiger partial charge on any atom is 0.117 e. The number of rotatable bonds is 3. The van der Waals surface area contributed by atoms with Gasteiger partial charge in [-0.2, -0.15) is 0 Å². The zero-order valence-corrected chi connectivity index (χ0v) is 12.6. The lowest BCUT2D eigenvalue weighted by molar-refractivity contribution is 1.15. The maximum absolute atomic E-state index is 6.20. The van der Waals surface area contributed by atoms with Gasteiger partial charge in [-0.3, -0.25) is 0 Å². The van der Waals surface area contributed by atoms with Crippen LogP contribution in [0.1, 0.15) is 43.9 Å². The molecule has 3 heteroatoms. The van der Waals surface area contributed by atoms with Crippen molar-refractivity contribution in [2.45, 2.75) is 41.0 Å². The van der Waals surface area contributed by atoms with Crippen LogP contribution in [0.5, 0.6) is 0 Å². The van der Waals surface area contributed by atoms with Crippen molar-refractivity contribution in [3.63, 3.8) is 0 Å². The molecule has 0 aliphatic carbocycles. The third kappa shape index (κ3) is 2.55. The molecular weight excluding hydrogens is 231 g/mol. The molecule has 19 heavy (non-hydrogen) atoms. The van der Waals surface area contributed by atoms with E-state index in [2.05, 4.69) is 27.4 Å². The summed E-state index contributed by atoms with van der Waals surface area (Å²) in [6.07, 6.45) is 0.878. The summed E-state index contributed by atoms with van der Waals surface area (Å²) in [6.45, 7) is 14.4. The summed E-state index contributed by atoms with van der Waals surface area (Å²) in [5, 5.41) is 0. The molecule has 0 atom stereocenters. The predicted octanol–water partition coefficient (Wildman–Crippen LogP) is 3.02. The monoisotopic (exact) mass is 254 g/mol. The summed E-state index contributed by atoms with van der Waals surface area (Å²) < 4.78 is 0. The van der Waals surface area contributed by atoms with Crippen molar-refractivity contribution in [1.82, 2.24) is 0 Å². The normalized spacial score (nSPS) is 10.4. The summed E-state index contributed by atoms with van der Waals surface area (Å²) >= 11 is 0. The molecule has 0 aromatic heterocycles. The van der Waals surface area contributed by atoms with E-state index >= 15 is 0 Å². The van der Waals surface area contributed by atoms with E-state index in [0.29, 0.717) is 16.8 Å². The van der Waals surface area contributed by atoms with Gasteiger partial charge in [0.05, 0.1) is 5.69 Å². The van der Waals surface area contributed by atoms with Gasteiger partial charge in [-0.05, 0) is 50.8 Å². The molecule has 0 amide bonds. The summed E-state index contributed by atoms with van der Waals surface area (Å²) in [4.78, 5) is 0. The number of allylic oxidation sites excluding steroid dienone is 3. The Morgan fingerprint density at radius 1 is 1.11 bits per heavy atom. The molecular formula is C16H23BN2. The highest BCUT2D eigenvalue weighted by atomic mass is 14.7. The third-order valence-corrected chi connectivity index (χ3v) is 3.72. The summed E-state index contributed by atoms with van der Waals surface area (Å²) in [6, 6.07) is 0. The van der Waals surface area contributed by atoms with Crippen LogP contribution in [-0.2, 0) is 0 Å². The highest BCUT2D eigenvalue weighted by molar-refractivity contribution is 6.38. The zero-order valence-electron chi connectivity index (χ0n) is 12.6. The quantitative estimate of drug-likeness (QED) is 0.495. The lowest BCUT2D eigenvalue weighted by Gasteiger charge is -2.22. The second-order valence-corrected chi connectivity index (χ2v) is 5.20. The maximum atomic E-state index is 6.20. The number of nitrogens with two attached hydrogens (primary N) is 2. The fourth-order valence-electron chi connectivity index (χ4n) is 2.35. The molecule has 0 fully saturated rings. The lowest BCUT2D eigenvalue weighted by atomic mass is 9.80.